The molecule has 0 unspecified atom stereocenters. The molecule has 2 aromatic rings. The van der Waals surface area contributed by atoms with Crippen molar-refractivity contribution in [3.8, 4) is 11.8 Å². The first kappa shape index (κ1) is 13.0. The van der Waals surface area contributed by atoms with Crippen molar-refractivity contribution in [3.05, 3.63) is 50.0 Å². The summed E-state index contributed by atoms with van der Waals surface area (Å²) in [5, 5.41) is 22.3. The van der Waals surface area contributed by atoms with Gasteiger partial charge < -0.3 is 4.74 Å². The van der Waals surface area contributed by atoms with Crippen LogP contribution in [0, 0.1) is 28.4 Å². The fourth-order valence-electron chi connectivity index (χ4n) is 1.46. The van der Waals surface area contributed by atoms with E-state index < -0.39 is 4.92 Å². The van der Waals surface area contributed by atoms with Crippen LogP contribution in [0.1, 0.15) is 16.3 Å². The number of nitro benzene ring substituents is 1. The van der Waals surface area contributed by atoms with Gasteiger partial charge >= 0.3 is 5.69 Å². The zero-order chi connectivity index (χ0) is 13.8. The van der Waals surface area contributed by atoms with Crippen LogP contribution < -0.4 is 4.74 Å². The first-order valence-corrected chi connectivity index (χ1v) is 6.20. The molecule has 0 amide bonds. The molecule has 0 radical (unpaired) electrons. The molecule has 0 bridgehead atoms. The van der Waals surface area contributed by atoms with E-state index in [1.807, 2.05) is 18.4 Å². The number of thiazole rings is 1. The lowest BCUT2D eigenvalue weighted by molar-refractivity contribution is -0.386. The Bertz CT molecular complexity index is 660. The number of rotatable bonds is 4. The average Bonchev–Trinajstić information content (AvgIpc) is 2.82. The summed E-state index contributed by atoms with van der Waals surface area (Å²) >= 11 is 1.43. The number of ether oxygens (including phenoxy) is 1. The molecular formula is C12H9N3O3S. The van der Waals surface area contributed by atoms with Crippen LogP contribution in [0.2, 0.25) is 0 Å². The Labute approximate surface area is 113 Å². The summed E-state index contributed by atoms with van der Waals surface area (Å²) in [6.07, 6.45) is 0. The van der Waals surface area contributed by atoms with Crippen molar-refractivity contribution in [2.45, 2.75) is 13.5 Å². The second kappa shape index (κ2) is 5.46. The molecule has 1 aromatic carbocycles. The van der Waals surface area contributed by atoms with E-state index in [2.05, 4.69) is 4.98 Å². The quantitative estimate of drug-likeness (QED) is 0.632. The summed E-state index contributed by atoms with van der Waals surface area (Å²) in [5.41, 5.74) is 0.898. The molecule has 0 aliphatic carbocycles. The molecule has 96 valence electrons. The number of hydrogen-bond acceptors (Lipinski definition) is 6. The van der Waals surface area contributed by atoms with Gasteiger partial charge in [0.25, 0.3) is 0 Å². The third-order valence-electron chi connectivity index (χ3n) is 2.30. The highest BCUT2D eigenvalue weighted by Gasteiger charge is 2.16. The standard InChI is InChI=1S/C12H9N3O3S/c1-8-7-19-12(14-8)6-18-11-3-2-9(5-13)4-10(11)15(16)17/h2-4,7H,6H2,1H3. The fourth-order valence-corrected chi connectivity index (χ4v) is 2.14. The summed E-state index contributed by atoms with van der Waals surface area (Å²) in [5.74, 6) is 0.136. The molecule has 0 saturated heterocycles. The number of aryl methyl sites for hydroxylation is 1. The number of nitro groups is 1. The SMILES string of the molecule is Cc1csc(COc2ccc(C#N)cc2[N+](=O)[O-])n1. The van der Waals surface area contributed by atoms with Crippen molar-refractivity contribution in [2.24, 2.45) is 0 Å². The Morgan fingerprint density at radius 3 is 2.95 bits per heavy atom. The first-order valence-electron chi connectivity index (χ1n) is 5.32. The van der Waals surface area contributed by atoms with Crippen LogP contribution in [0.5, 0.6) is 5.75 Å². The summed E-state index contributed by atoms with van der Waals surface area (Å²) in [4.78, 5) is 14.5. The van der Waals surface area contributed by atoms with Gasteiger partial charge in [0.15, 0.2) is 5.75 Å². The smallest absolute Gasteiger partial charge is 0.312 e. The molecule has 0 atom stereocenters. The van der Waals surface area contributed by atoms with E-state index in [-0.39, 0.29) is 23.6 Å². The molecule has 1 aromatic heterocycles. The lowest BCUT2D eigenvalue weighted by atomic mass is 10.2. The van der Waals surface area contributed by atoms with Crippen LogP contribution in [0.15, 0.2) is 23.6 Å². The van der Waals surface area contributed by atoms with Crippen molar-refractivity contribution in [1.29, 1.82) is 5.26 Å². The molecule has 2 rings (SSSR count). The zero-order valence-electron chi connectivity index (χ0n) is 9.99. The van der Waals surface area contributed by atoms with Crippen LogP contribution >= 0.6 is 11.3 Å². The van der Waals surface area contributed by atoms with Gasteiger partial charge in [-0.15, -0.1) is 11.3 Å². The molecule has 19 heavy (non-hydrogen) atoms. The molecule has 0 N–H and O–H groups in total. The average molecular weight is 275 g/mol. The minimum Gasteiger partial charge on any atom is -0.479 e. The third-order valence-corrected chi connectivity index (χ3v) is 3.24. The van der Waals surface area contributed by atoms with E-state index in [0.29, 0.717) is 0 Å². The van der Waals surface area contributed by atoms with Gasteiger partial charge in [0.05, 0.1) is 16.6 Å². The van der Waals surface area contributed by atoms with E-state index >= 15 is 0 Å². The largest absolute Gasteiger partial charge is 0.479 e. The van der Waals surface area contributed by atoms with Crippen LogP contribution in [0.4, 0.5) is 5.69 Å². The first-order chi connectivity index (χ1) is 9.10. The lowest BCUT2D eigenvalue weighted by Gasteiger charge is -2.04. The Morgan fingerprint density at radius 2 is 2.37 bits per heavy atom. The van der Waals surface area contributed by atoms with E-state index in [0.717, 1.165) is 10.7 Å². The number of hydrogen-bond donors (Lipinski definition) is 0. The van der Waals surface area contributed by atoms with Crippen molar-refractivity contribution in [1.82, 2.24) is 4.98 Å². The Morgan fingerprint density at radius 1 is 1.58 bits per heavy atom. The molecular weight excluding hydrogens is 266 g/mol. The van der Waals surface area contributed by atoms with E-state index in [9.17, 15) is 10.1 Å². The number of aromatic nitrogens is 1. The topological polar surface area (TPSA) is 89.0 Å². The van der Waals surface area contributed by atoms with Crippen LogP contribution in [-0.2, 0) is 6.61 Å². The van der Waals surface area contributed by atoms with Gasteiger partial charge in [-0.1, -0.05) is 0 Å². The monoisotopic (exact) mass is 275 g/mol. The van der Waals surface area contributed by atoms with E-state index in [1.54, 1.807) is 0 Å². The van der Waals surface area contributed by atoms with E-state index in [4.69, 9.17) is 10.00 Å². The van der Waals surface area contributed by atoms with Crippen LogP contribution in [-0.4, -0.2) is 9.91 Å². The number of benzene rings is 1. The highest BCUT2D eigenvalue weighted by Crippen LogP contribution is 2.28. The molecule has 1 heterocycles. The number of nitrogens with zero attached hydrogens (tertiary/aromatic N) is 3. The molecule has 6 nitrogen and oxygen atoms in total. The van der Waals surface area contributed by atoms with Crippen molar-refractivity contribution in [2.75, 3.05) is 0 Å². The van der Waals surface area contributed by atoms with Crippen molar-refractivity contribution in [3.63, 3.8) is 0 Å². The molecule has 0 saturated carbocycles. The minimum absolute atomic E-state index is 0.136. The maximum atomic E-state index is 10.9. The highest BCUT2D eigenvalue weighted by atomic mass is 32.1. The van der Waals surface area contributed by atoms with Crippen LogP contribution in [0.3, 0.4) is 0 Å². The summed E-state index contributed by atoms with van der Waals surface area (Å²) in [6.45, 7) is 2.04. The van der Waals surface area contributed by atoms with Gasteiger partial charge in [-0.05, 0) is 19.1 Å². The van der Waals surface area contributed by atoms with Crippen molar-refractivity contribution >= 4 is 17.0 Å². The second-order valence-corrected chi connectivity index (χ2v) is 4.67. The molecule has 0 aliphatic heterocycles. The Hall–Kier alpha value is -2.46. The normalized spacial score (nSPS) is 9.89. The molecule has 0 aliphatic rings. The van der Waals surface area contributed by atoms with Gasteiger partial charge in [0.2, 0.25) is 0 Å². The minimum atomic E-state index is -0.566. The molecule has 0 fully saturated rings. The van der Waals surface area contributed by atoms with Gasteiger partial charge in [-0.25, -0.2) is 4.98 Å². The summed E-state index contributed by atoms with van der Waals surface area (Å²) in [6, 6.07) is 5.96. The second-order valence-electron chi connectivity index (χ2n) is 3.72. The third kappa shape index (κ3) is 3.05. The zero-order valence-corrected chi connectivity index (χ0v) is 10.8. The molecule has 0 spiro atoms. The molecule has 7 heteroatoms. The lowest BCUT2D eigenvalue weighted by Crippen LogP contribution is -1.99. The van der Waals surface area contributed by atoms with Gasteiger partial charge in [0, 0.05) is 17.1 Å². The highest BCUT2D eigenvalue weighted by molar-refractivity contribution is 7.09. The predicted molar refractivity (Wildman–Crippen MR) is 69.0 cm³/mol. The fraction of sp³-hybridized carbons (Fsp3) is 0.167. The van der Waals surface area contributed by atoms with Gasteiger partial charge in [-0.3, -0.25) is 10.1 Å². The summed E-state index contributed by atoms with van der Waals surface area (Å²) in [7, 11) is 0. The van der Waals surface area contributed by atoms with Crippen molar-refractivity contribution < 1.29 is 9.66 Å². The summed E-state index contributed by atoms with van der Waals surface area (Å²) < 4.78 is 5.39. The Kier molecular flexibility index (Phi) is 3.73. The maximum absolute atomic E-state index is 10.9. The maximum Gasteiger partial charge on any atom is 0.312 e. The predicted octanol–water partition coefficient (Wildman–Crippen LogP) is 2.81. The van der Waals surface area contributed by atoms with Gasteiger partial charge in [0.1, 0.15) is 11.6 Å². The Balaban J connectivity index is 2.20. The number of nitriles is 1. The van der Waals surface area contributed by atoms with E-state index in [1.165, 1.54) is 29.5 Å². The van der Waals surface area contributed by atoms with Gasteiger partial charge in [-0.2, -0.15) is 5.26 Å². The van der Waals surface area contributed by atoms with Crippen LogP contribution in [0.25, 0.3) is 0 Å².